The Labute approximate surface area is 145 Å². The number of amides is 1. The highest BCUT2D eigenvalue weighted by atomic mass is 16.2. The number of rotatable bonds is 5. The number of piperidine rings is 1. The van der Waals surface area contributed by atoms with Gasteiger partial charge in [-0.15, -0.1) is 0 Å². The van der Waals surface area contributed by atoms with Crippen molar-refractivity contribution in [3.8, 4) is 0 Å². The summed E-state index contributed by atoms with van der Waals surface area (Å²) >= 11 is 0. The Hall–Kier alpha value is -1.36. The van der Waals surface area contributed by atoms with Crippen molar-refractivity contribution in [2.24, 2.45) is 11.8 Å². The molecule has 1 aromatic heterocycles. The van der Waals surface area contributed by atoms with Gasteiger partial charge < -0.3 is 10.6 Å². The molecule has 0 aromatic carbocycles. The SMILES string of the molecule is CC(NC(=O)c1ccn(C2CCCNC2)n1)C(C)C1CCCCC1. The van der Waals surface area contributed by atoms with Gasteiger partial charge in [-0.1, -0.05) is 39.0 Å². The van der Waals surface area contributed by atoms with Crippen molar-refractivity contribution < 1.29 is 4.79 Å². The van der Waals surface area contributed by atoms with Crippen LogP contribution in [0.1, 0.15) is 75.3 Å². The van der Waals surface area contributed by atoms with Crippen LogP contribution < -0.4 is 10.6 Å². The van der Waals surface area contributed by atoms with E-state index < -0.39 is 0 Å². The molecule has 3 rings (SSSR count). The second-order valence-corrected chi connectivity index (χ2v) is 7.70. The standard InChI is InChI=1S/C19H32N4O/c1-14(16-7-4-3-5-8-16)15(2)21-19(24)18-10-12-23(22-18)17-9-6-11-20-13-17/h10,12,14-17,20H,3-9,11,13H2,1-2H3,(H,21,24). The Morgan fingerprint density at radius 1 is 1.25 bits per heavy atom. The van der Waals surface area contributed by atoms with Crippen molar-refractivity contribution >= 4 is 5.91 Å². The highest BCUT2D eigenvalue weighted by molar-refractivity contribution is 5.92. The molecule has 1 saturated carbocycles. The Morgan fingerprint density at radius 2 is 2.04 bits per heavy atom. The van der Waals surface area contributed by atoms with Gasteiger partial charge in [-0.25, -0.2) is 0 Å². The molecule has 134 valence electrons. The third kappa shape index (κ3) is 4.18. The zero-order chi connectivity index (χ0) is 16.9. The summed E-state index contributed by atoms with van der Waals surface area (Å²) in [5.41, 5.74) is 0.545. The van der Waals surface area contributed by atoms with E-state index in [2.05, 4.69) is 29.6 Å². The number of carbonyl (C=O) groups excluding carboxylic acids is 1. The Morgan fingerprint density at radius 3 is 2.75 bits per heavy atom. The van der Waals surface area contributed by atoms with Crippen molar-refractivity contribution in [3.05, 3.63) is 18.0 Å². The third-order valence-corrected chi connectivity index (χ3v) is 6.03. The molecule has 2 N–H and O–H groups in total. The number of nitrogens with zero attached hydrogens (tertiary/aromatic N) is 2. The topological polar surface area (TPSA) is 59.0 Å². The second-order valence-electron chi connectivity index (χ2n) is 7.70. The zero-order valence-electron chi connectivity index (χ0n) is 15.1. The van der Waals surface area contributed by atoms with E-state index in [1.54, 1.807) is 0 Å². The number of hydrogen-bond donors (Lipinski definition) is 2. The van der Waals surface area contributed by atoms with Crippen LogP contribution in [0.5, 0.6) is 0 Å². The molecule has 3 unspecified atom stereocenters. The van der Waals surface area contributed by atoms with Crippen LogP contribution in [0.4, 0.5) is 0 Å². The van der Waals surface area contributed by atoms with Crippen LogP contribution in [0, 0.1) is 11.8 Å². The van der Waals surface area contributed by atoms with Gasteiger partial charge in [0.05, 0.1) is 6.04 Å². The lowest BCUT2D eigenvalue weighted by molar-refractivity contribution is 0.0905. The minimum atomic E-state index is -0.0346. The molecule has 0 spiro atoms. The van der Waals surface area contributed by atoms with Crippen LogP contribution in [0.3, 0.4) is 0 Å². The van der Waals surface area contributed by atoms with Gasteiger partial charge in [0, 0.05) is 18.8 Å². The predicted molar refractivity (Wildman–Crippen MR) is 96.0 cm³/mol. The van der Waals surface area contributed by atoms with E-state index in [1.807, 2.05) is 16.9 Å². The van der Waals surface area contributed by atoms with Gasteiger partial charge in [-0.05, 0) is 44.2 Å². The van der Waals surface area contributed by atoms with E-state index in [-0.39, 0.29) is 11.9 Å². The molecule has 1 aromatic rings. The van der Waals surface area contributed by atoms with Crippen molar-refractivity contribution in [1.82, 2.24) is 20.4 Å². The second kappa shape index (κ2) is 8.15. The average Bonchev–Trinajstić information content (AvgIpc) is 3.13. The van der Waals surface area contributed by atoms with Gasteiger partial charge >= 0.3 is 0 Å². The first kappa shape index (κ1) is 17.5. The molecule has 0 bridgehead atoms. The van der Waals surface area contributed by atoms with Gasteiger partial charge in [0.25, 0.3) is 5.91 Å². The molecule has 5 heteroatoms. The first-order valence-electron chi connectivity index (χ1n) is 9.72. The number of nitrogens with one attached hydrogen (secondary N) is 2. The molecule has 3 atom stereocenters. The van der Waals surface area contributed by atoms with Gasteiger partial charge in [0.2, 0.25) is 0 Å². The normalized spacial score (nSPS) is 25.2. The Balaban J connectivity index is 1.55. The molecular weight excluding hydrogens is 300 g/mol. The third-order valence-electron chi connectivity index (χ3n) is 6.03. The van der Waals surface area contributed by atoms with Crippen molar-refractivity contribution in [3.63, 3.8) is 0 Å². The molecule has 1 aliphatic heterocycles. The summed E-state index contributed by atoms with van der Waals surface area (Å²) in [5.74, 6) is 1.24. The number of carbonyl (C=O) groups is 1. The molecule has 2 aliphatic rings. The van der Waals surface area contributed by atoms with Crippen LogP contribution >= 0.6 is 0 Å². The van der Waals surface area contributed by atoms with E-state index >= 15 is 0 Å². The summed E-state index contributed by atoms with van der Waals surface area (Å²) in [5, 5.41) is 11.1. The summed E-state index contributed by atoms with van der Waals surface area (Å²) < 4.78 is 1.95. The Kier molecular flexibility index (Phi) is 5.93. The van der Waals surface area contributed by atoms with Gasteiger partial charge in [0.1, 0.15) is 5.69 Å². The summed E-state index contributed by atoms with van der Waals surface area (Å²) in [6.07, 6.45) is 10.9. The highest BCUT2D eigenvalue weighted by Crippen LogP contribution is 2.31. The van der Waals surface area contributed by atoms with Crippen LogP contribution in [0.25, 0.3) is 0 Å². The van der Waals surface area contributed by atoms with Gasteiger partial charge in [-0.2, -0.15) is 5.10 Å². The summed E-state index contributed by atoms with van der Waals surface area (Å²) in [6, 6.07) is 2.42. The lowest BCUT2D eigenvalue weighted by Gasteiger charge is -2.32. The smallest absolute Gasteiger partial charge is 0.271 e. The maximum Gasteiger partial charge on any atom is 0.271 e. The first-order valence-corrected chi connectivity index (χ1v) is 9.72. The Bertz CT molecular complexity index is 529. The summed E-state index contributed by atoms with van der Waals surface area (Å²) in [6.45, 7) is 6.45. The zero-order valence-corrected chi connectivity index (χ0v) is 15.1. The van der Waals surface area contributed by atoms with Crippen LogP contribution in [-0.4, -0.2) is 34.8 Å². The molecule has 1 saturated heterocycles. The van der Waals surface area contributed by atoms with E-state index in [9.17, 15) is 4.79 Å². The van der Waals surface area contributed by atoms with E-state index in [0.29, 0.717) is 17.7 Å². The average molecular weight is 332 g/mol. The number of aromatic nitrogens is 2. The molecule has 1 amide bonds. The van der Waals surface area contributed by atoms with E-state index in [1.165, 1.54) is 38.5 Å². The van der Waals surface area contributed by atoms with Gasteiger partial charge in [0.15, 0.2) is 0 Å². The van der Waals surface area contributed by atoms with E-state index in [0.717, 1.165) is 25.4 Å². The molecule has 2 heterocycles. The molecule has 24 heavy (non-hydrogen) atoms. The minimum Gasteiger partial charge on any atom is -0.348 e. The van der Waals surface area contributed by atoms with Gasteiger partial charge in [-0.3, -0.25) is 9.48 Å². The minimum absolute atomic E-state index is 0.0346. The quantitative estimate of drug-likeness (QED) is 0.871. The molecular formula is C19H32N4O. The van der Waals surface area contributed by atoms with Crippen LogP contribution in [0.2, 0.25) is 0 Å². The first-order chi connectivity index (χ1) is 11.6. The predicted octanol–water partition coefficient (Wildman–Crippen LogP) is 3.14. The molecule has 2 fully saturated rings. The van der Waals surface area contributed by atoms with Crippen molar-refractivity contribution in [1.29, 1.82) is 0 Å². The van der Waals surface area contributed by atoms with Crippen molar-refractivity contribution in [2.75, 3.05) is 13.1 Å². The fourth-order valence-corrected chi connectivity index (χ4v) is 4.20. The molecule has 0 radical (unpaired) electrons. The lowest BCUT2D eigenvalue weighted by Crippen LogP contribution is -2.40. The number of hydrogen-bond acceptors (Lipinski definition) is 3. The van der Waals surface area contributed by atoms with E-state index in [4.69, 9.17) is 0 Å². The largest absolute Gasteiger partial charge is 0.348 e. The highest BCUT2D eigenvalue weighted by Gasteiger charge is 2.26. The summed E-state index contributed by atoms with van der Waals surface area (Å²) in [4.78, 5) is 12.5. The maximum atomic E-state index is 12.5. The van der Waals surface area contributed by atoms with Crippen molar-refractivity contribution in [2.45, 2.75) is 70.9 Å². The fourth-order valence-electron chi connectivity index (χ4n) is 4.20. The lowest BCUT2D eigenvalue weighted by atomic mass is 9.78. The molecule has 5 nitrogen and oxygen atoms in total. The monoisotopic (exact) mass is 332 g/mol. The van der Waals surface area contributed by atoms with Crippen LogP contribution in [-0.2, 0) is 0 Å². The molecule has 1 aliphatic carbocycles. The maximum absolute atomic E-state index is 12.5. The summed E-state index contributed by atoms with van der Waals surface area (Å²) in [7, 11) is 0. The van der Waals surface area contributed by atoms with Crippen LogP contribution in [0.15, 0.2) is 12.3 Å². The fraction of sp³-hybridized carbons (Fsp3) is 0.789.